The van der Waals surface area contributed by atoms with Crippen molar-refractivity contribution in [3.8, 4) is 0 Å². The fourth-order valence-electron chi connectivity index (χ4n) is 3.22. The van der Waals surface area contributed by atoms with Crippen molar-refractivity contribution >= 4 is 5.91 Å². The molecule has 1 aliphatic carbocycles. The summed E-state index contributed by atoms with van der Waals surface area (Å²) in [5.74, 6) is -0.788. The van der Waals surface area contributed by atoms with Gasteiger partial charge in [0.05, 0.1) is 11.5 Å². The minimum Gasteiger partial charge on any atom is -0.369 e. The molecule has 1 fully saturated rings. The number of benzene rings is 2. The quantitative estimate of drug-likeness (QED) is 0.831. The lowest BCUT2D eigenvalue weighted by Crippen LogP contribution is -2.23. The van der Waals surface area contributed by atoms with Gasteiger partial charge in [-0.2, -0.15) is 13.2 Å². The summed E-state index contributed by atoms with van der Waals surface area (Å²) in [5.41, 5.74) is 7.17. The van der Waals surface area contributed by atoms with Crippen LogP contribution >= 0.6 is 0 Å². The fraction of sp³-hybridized carbons (Fsp3) is 0.350. The Morgan fingerprint density at radius 3 is 2.32 bits per heavy atom. The molecule has 132 valence electrons. The van der Waals surface area contributed by atoms with Gasteiger partial charge in [-0.1, -0.05) is 48.9 Å². The molecule has 2 N–H and O–H groups in total. The molecule has 1 saturated carbocycles. The molecule has 25 heavy (non-hydrogen) atoms. The maximum atomic E-state index is 12.9. The lowest BCUT2D eigenvalue weighted by molar-refractivity contribution is -0.137. The second kappa shape index (κ2) is 6.90. The number of hydrogen-bond donors (Lipinski definition) is 1. The Balaban J connectivity index is 1.81. The molecule has 1 unspecified atom stereocenters. The van der Waals surface area contributed by atoms with Crippen LogP contribution in [-0.2, 0) is 17.4 Å². The fourth-order valence-corrected chi connectivity index (χ4v) is 3.22. The van der Waals surface area contributed by atoms with Crippen LogP contribution in [0, 0.1) is 0 Å². The summed E-state index contributed by atoms with van der Waals surface area (Å²) in [7, 11) is 0. The first kappa shape index (κ1) is 17.5. The lowest BCUT2D eigenvalue weighted by atomic mass is 9.79. The average Bonchev–Trinajstić information content (AvgIpc) is 2.51. The van der Waals surface area contributed by atoms with E-state index >= 15 is 0 Å². The molecule has 2 aromatic rings. The van der Waals surface area contributed by atoms with Gasteiger partial charge in [0.2, 0.25) is 5.91 Å². The van der Waals surface area contributed by atoms with Crippen molar-refractivity contribution in [3.05, 3.63) is 70.8 Å². The standard InChI is InChI=1S/C20H20F3NO/c21-20(22,23)17-6-2-5-16(12-17)18(19(24)25)11-13-7-9-15(10-8-13)14-3-1-4-14/h2,5-10,12,14,18H,1,3-4,11H2,(H2,24,25). The minimum absolute atomic E-state index is 0.293. The third-order valence-corrected chi connectivity index (χ3v) is 4.96. The Hall–Kier alpha value is -2.30. The molecule has 0 spiro atoms. The normalized spacial score (nSPS) is 16.3. The molecular formula is C20H20F3NO. The molecule has 1 aliphatic rings. The Bertz CT molecular complexity index is 748. The average molecular weight is 347 g/mol. The number of nitrogens with two attached hydrogens (primary N) is 1. The molecule has 1 amide bonds. The van der Waals surface area contributed by atoms with Gasteiger partial charge in [-0.3, -0.25) is 4.79 Å². The molecule has 3 rings (SSSR count). The van der Waals surface area contributed by atoms with Crippen LogP contribution in [0.15, 0.2) is 48.5 Å². The van der Waals surface area contributed by atoms with Crippen LogP contribution in [0.3, 0.4) is 0 Å². The second-order valence-corrected chi connectivity index (χ2v) is 6.65. The van der Waals surface area contributed by atoms with Crippen LogP contribution in [0.25, 0.3) is 0 Å². The van der Waals surface area contributed by atoms with Gasteiger partial charge in [-0.25, -0.2) is 0 Å². The summed E-state index contributed by atoms with van der Waals surface area (Å²) in [6, 6.07) is 12.8. The molecule has 2 nitrogen and oxygen atoms in total. The third-order valence-electron chi connectivity index (χ3n) is 4.96. The van der Waals surface area contributed by atoms with Gasteiger partial charge >= 0.3 is 6.18 Å². The highest BCUT2D eigenvalue weighted by Gasteiger charge is 2.31. The third kappa shape index (κ3) is 4.03. The number of carbonyl (C=O) groups is 1. The van der Waals surface area contributed by atoms with E-state index in [2.05, 4.69) is 0 Å². The van der Waals surface area contributed by atoms with Crippen molar-refractivity contribution in [2.24, 2.45) is 5.73 Å². The predicted octanol–water partition coefficient (Wildman–Crippen LogP) is 4.78. The summed E-state index contributed by atoms with van der Waals surface area (Å²) in [4.78, 5) is 11.8. The summed E-state index contributed by atoms with van der Waals surface area (Å²) in [6.45, 7) is 0. The van der Waals surface area contributed by atoms with Crippen molar-refractivity contribution in [1.29, 1.82) is 0 Å². The highest BCUT2D eigenvalue weighted by atomic mass is 19.4. The molecule has 1 atom stereocenters. The molecule has 0 aromatic heterocycles. The molecule has 0 aliphatic heterocycles. The van der Waals surface area contributed by atoms with Gasteiger partial charge in [-0.15, -0.1) is 0 Å². The van der Waals surface area contributed by atoms with Crippen molar-refractivity contribution in [3.63, 3.8) is 0 Å². The van der Waals surface area contributed by atoms with Gasteiger partial charge in [0.1, 0.15) is 0 Å². The van der Waals surface area contributed by atoms with Crippen LogP contribution < -0.4 is 5.73 Å². The highest BCUT2D eigenvalue weighted by molar-refractivity contribution is 5.82. The molecular weight excluding hydrogens is 327 g/mol. The largest absolute Gasteiger partial charge is 0.416 e. The van der Waals surface area contributed by atoms with Crippen molar-refractivity contribution in [1.82, 2.24) is 0 Å². The van der Waals surface area contributed by atoms with E-state index in [9.17, 15) is 18.0 Å². The summed E-state index contributed by atoms with van der Waals surface area (Å²) in [5, 5.41) is 0. The van der Waals surface area contributed by atoms with E-state index in [-0.39, 0.29) is 0 Å². The SMILES string of the molecule is NC(=O)C(Cc1ccc(C2CCC2)cc1)c1cccc(C(F)(F)F)c1. The van der Waals surface area contributed by atoms with E-state index in [1.54, 1.807) is 0 Å². The van der Waals surface area contributed by atoms with E-state index in [0.717, 1.165) is 17.7 Å². The van der Waals surface area contributed by atoms with Crippen LogP contribution in [-0.4, -0.2) is 5.91 Å². The smallest absolute Gasteiger partial charge is 0.369 e. The van der Waals surface area contributed by atoms with Crippen LogP contribution in [0.5, 0.6) is 0 Å². The van der Waals surface area contributed by atoms with E-state index < -0.39 is 23.6 Å². The molecule has 0 bridgehead atoms. The number of hydrogen-bond acceptors (Lipinski definition) is 1. The van der Waals surface area contributed by atoms with E-state index in [1.807, 2.05) is 24.3 Å². The number of carbonyl (C=O) groups excluding carboxylic acids is 1. The second-order valence-electron chi connectivity index (χ2n) is 6.65. The number of primary amides is 1. The molecule has 0 radical (unpaired) electrons. The molecule has 5 heteroatoms. The first-order valence-electron chi connectivity index (χ1n) is 8.40. The molecule has 2 aromatic carbocycles. The monoisotopic (exact) mass is 347 g/mol. The van der Waals surface area contributed by atoms with Crippen LogP contribution in [0.2, 0.25) is 0 Å². The summed E-state index contributed by atoms with van der Waals surface area (Å²) in [6.07, 6.45) is -0.489. The van der Waals surface area contributed by atoms with Crippen molar-refractivity contribution < 1.29 is 18.0 Å². The number of amides is 1. The Kier molecular flexibility index (Phi) is 4.84. The van der Waals surface area contributed by atoms with Crippen molar-refractivity contribution in [2.75, 3.05) is 0 Å². The zero-order valence-electron chi connectivity index (χ0n) is 13.7. The van der Waals surface area contributed by atoms with Gasteiger partial charge in [0.25, 0.3) is 0 Å². The minimum atomic E-state index is -4.44. The molecule has 0 heterocycles. The zero-order chi connectivity index (χ0) is 18.0. The Labute approximate surface area is 144 Å². The number of halogens is 3. The topological polar surface area (TPSA) is 43.1 Å². The van der Waals surface area contributed by atoms with E-state index in [4.69, 9.17) is 5.73 Å². The first-order valence-corrected chi connectivity index (χ1v) is 8.40. The zero-order valence-corrected chi connectivity index (χ0v) is 13.7. The van der Waals surface area contributed by atoms with Crippen LogP contribution in [0.4, 0.5) is 13.2 Å². The van der Waals surface area contributed by atoms with Crippen molar-refractivity contribution in [2.45, 2.75) is 43.7 Å². The highest BCUT2D eigenvalue weighted by Crippen LogP contribution is 2.36. The maximum Gasteiger partial charge on any atom is 0.416 e. The molecule has 0 saturated heterocycles. The summed E-state index contributed by atoms with van der Waals surface area (Å²) < 4.78 is 38.7. The maximum absolute atomic E-state index is 12.9. The Morgan fingerprint density at radius 2 is 1.80 bits per heavy atom. The van der Waals surface area contributed by atoms with Gasteiger partial charge in [0.15, 0.2) is 0 Å². The van der Waals surface area contributed by atoms with Gasteiger partial charge < -0.3 is 5.73 Å². The van der Waals surface area contributed by atoms with E-state index in [0.29, 0.717) is 17.9 Å². The summed E-state index contributed by atoms with van der Waals surface area (Å²) >= 11 is 0. The first-order chi connectivity index (χ1) is 11.8. The number of alkyl halides is 3. The predicted molar refractivity (Wildman–Crippen MR) is 90.1 cm³/mol. The Morgan fingerprint density at radius 1 is 1.12 bits per heavy atom. The van der Waals surface area contributed by atoms with Crippen LogP contribution in [0.1, 0.15) is 53.4 Å². The van der Waals surface area contributed by atoms with E-state index in [1.165, 1.54) is 37.0 Å². The number of rotatable bonds is 5. The lowest BCUT2D eigenvalue weighted by Gasteiger charge is -2.26. The van der Waals surface area contributed by atoms with Gasteiger partial charge in [0, 0.05) is 0 Å². The van der Waals surface area contributed by atoms with Gasteiger partial charge in [-0.05, 0) is 47.9 Å².